The minimum atomic E-state index is -2.70. The lowest BCUT2D eigenvalue weighted by Crippen LogP contribution is -2.14. The highest BCUT2D eigenvalue weighted by Gasteiger charge is 2.13. The van der Waals surface area contributed by atoms with E-state index in [0.717, 1.165) is 12.1 Å². The second-order valence-electron chi connectivity index (χ2n) is 6.23. The van der Waals surface area contributed by atoms with E-state index in [0.29, 0.717) is 21.2 Å². The second-order valence-corrected chi connectivity index (χ2v) is 9.34. The molecule has 27 heavy (non-hydrogen) atoms. The zero-order valence-corrected chi connectivity index (χ0v) is 18.0. The summed E-state index contributed by atoms with van der Waals surface area (Å²) in [7, 11) is -0.781. The molecule has 2 rings (SSSR count). The fourth-order valence-electron chi connectivity index (χ4n) is 2.30. The van der Waals surface area contributed by atoms with Crippen LogP contribution in [0.4, 0.5) is 10.1 Å². The number of halogens is 3. The van der Waals surface area contributed by atoms with E-state index in [-0.39, 0.29) is 11.6 Å². The average molecular weight is 430 g/mol. The van der Waals surface area contributed by atoms with Gasteiger partial charge in [0, 0.05) is 19.8 Å². The van der Waals surface area contributed by atoms with E-state index in [1.165, 1.54) is 12.1 Å². The number of nitrogens with zero attached hydrogens (tertiary/aromatic N) is 3. The number of hydrogen-bond acceptors (Lipinski definition) is 3. The maximum absolute atomic E-state index is 13.3. The topological polar surface area (TPSA) is 45.0 Å². The van der Waals surface area contributed by atoms with Crippen molar-refractivity contribution < 1.29 is 8.60 Å². The van der Waals surface area contributed by atoms with Gasteiger partial charge < -0.3 is 4.90 Å². The van der Waals surface area contributed by atoms with Gasteiger partial charge in [0.25, 0.3) is 0 Å². The fraction of sp³-hybridized carbons (Fsp3) is 0.316. The molecule has 146 valence electrons. The first-order valence-corrected chi connectivity index (χ1v) is 11.0. The molecule has 0 aliphatic heterocycles. The Morgan fingerprint density at radius 2 is 1.93 bits per heavy atom. The Bertz CT molecular complexity index is 985. The van der Waals surface area contributed by atoms with Crippen molar-refractivity contribution in [3.8, 4) is 0 Å². The summed E-state index contributed by atoms with van der Waals surface area (Å²) in [6.45, 7) is 4.85. The van der Waals surface area contributed by atoms with Crippen molar-refractivity contribution in [2.45, 2.75) is 25.3 Å². The predicted octanol–water partition coefficient (Wildman–Crippen LogP) is 5.71. The van der Waals surface area contributed by atoms with Gasteiger partial charge in [0.15, 0.2) is 0 Å². The maximum atomic E-state index is 13.3. The zero-order chi connectivity index (χ0) is 20.2. The van der Waals surface area contributed by atoms with Crippen LogP contribution in [0.1, 0.15) is 18.1 Å². The number of hydrogen-bond donors (Lipinski definition) is 0. The Hall–Kier alpha value is -1.63. The highest BCUT2D eigenvalue weighted by molar-refractivity contribution is 7.93. The van der Waals surface area contributed by atoms with E-state index < -0.39 is 15.5 Å². The van der Waals surface area contributed by atoms with Crippen molar-refractivity contribution in [1.29, 1.82) is 0 Å². The van der Waals surface area contributed by atoms with E-state index in [4.69, 9.17) is 23.2 Å². The van der Waals surface area contributed by atoms with Crippen LogP contribution in [0.15, 0.2) is 44.6 Å². The molecule has 0 N–H and O–H groups in total. The molecule has 1 unspecified atom stereocenters. The van der Waals surface area contributed by atoms with E-state index in [1.54, 1.807) is 30.8 Å². The lowest BCUT2D eigenvalue weighted by Gasteiger charge is -2.12. The van der Waals surface area contributed by atoms with E-state index in [1.807, 2.05) is 25.8 Å². The molecule has 0 saturated carbocycles. The molecular weight excluding hydrogens is 408 g/mol. The van der Waals surface area contributed by atoms with Gasteiger partial charge in [0.05, 0.1) is 43.2 Å². The normalized spacial score (nSPS) is 13.6. The Balaban J connectivity index is 2.34. The minimum absolute atomic E-state index is 0.0174. The molecule has 0 bridgehead atoms. The summed E-state index contributed by atoms with van der Waals surface area (Å²) in [4.78, 5) is 6.85. The summed E-state index contributed by atoms with van der Waals surface area (Å²) in [6, 6.07) is 7.77. The third-order valence-electron chi connectivity index (χ3n) is 4.02. The van der Waals surface area contributed by atoms with Gasteiger partial charge in [-0.2, -0.15) is 0 Å². The number of rotatable bonds is 6. The predicted molar refractivity (Wildman–Crippen MR) is 113 cm³/mol. The van der Waals surface area contributed by atoms with E-state index in [2.05, 4.69) is 9.36 Å². The summed E-state index contributed by atoms with van der Waals surface area (Å²) in [5.41, 5.74) is 2.08. The van der Waals surface area contributed by atoms with Gasteiger partial charge in [0.1, 0.15) is 5.82 Å². The van der Waals surface area contributed by atoms with Gasteiger partial charge in [-0.05, 0) is 49.2 Å². The van der Waals surface area contributed by atoms with E-state index in [9.17, 15) is 8.60 Å². The summed E-state index contributed by atoms with van der Waals surface area (Å²) in [5, 5.41) is 0.426. The highest BCUT2D eigenvalue weighted by atomic mass is 35.5. The van der Waals surface area contributed by atoms with Crippen molar-refractivity contribution in [2.24, 2.45) is 9.36 Å². The molecule has 0 aliphatic rings. The first kappa shape index (κ1) is 21.7. The lowest BCUT2D eigenvalue weighted by atomic mass is 10.2. The van der Waals surface area contributed by atoms with Crippen LogP contribution in [0.25, 0.3) is 0 Å². The Kier molecular flexibility index (Phi) is 7.25. The summed E-state index contributed by atoms with van der Waals surface area (Å²) in [5.74, 6) is -0.495. The summed E-state index contributed by atoms with van der Waals surface area (Å²) < 4.78 is 30.7. The van der Waals surface area contributed by atoms with Crippen LogP contribution in [-0.2, 0) is 16.3 Å². The molecule has 2 aromatic rings. The Morgan fingerprint density at radius 3 is 2.56 bits per heavy atom. The molecule has 0 aliphatic carbocycles. The largest absolute Gasteiger partial charge is 0.366 e. The summed E-state index contributed by atoms with van der Waals surface area (Å²) in [6.07, 6.45) is 3.26. The molecule has 0 fully saturated rings. The smallest absolute Gasteiger partial charge is 0.141 e. The molecule has 4 nitrogen and oxygen atoms in total. The van der Waals surface area contributed by atoms with Crippen LogP contribution in [0.3, 0.4) is 0 Å². The van der Waals surface area contributed by atoms with Crippen LogP contribution in [0.5, 0.6) is 0 Å². The van der Waals surface area contributed by atoms with Gasteiger partial charge in [-0.25, -0.2) is 18.0 Å². The van der Waals surface area contributed by atoms with Gasteiger partial charge in [-0.1, -0.05) is 29.3 Å². The molecule has 0 amide bonds. The first-order valence-electron chi connectivity index (χ1n) is 8.30. The van der Waals surface area contributed by atoms with Crippen LogP contribution in [0, 0.1) is 12.7 Å². The SMILES string of the molecule is CCN(C)/C=N\c1cc(C)c(S(C)(=O)=NCc2ccc(F)c(Cl)c2)cc1Cl. The molecule has 0 saturated heterocycles. The third kappa shape index (κ3) is 5.67. The van der Waals surface area contributed by atoms with Crippen molar-refractivity contribution in [1.82, 2.24) is 4.90 Å². The quantitative estimate of drug-likeness (QED) is 0.435. The molecular formula is C19H22Cl2FN3OS. The van der Waals surface area contributed by atoms with Crippen LogP contribution < -0.4 is 0 Å². The van der Waals surface area contributed by atoms with Crippen molar-refractivity contribution >= 4 is 45.0 Å². The molecule has 1 atom stereocenters. The second kappa shape index (κ2) is 9.04. The third-order valence-corrected chi connectivity index (χ3v) is 6.49. The number of aryl methyl sites for hydroxylation is 1. The maximum Gasteiger partial charge on any atom is 0.141 e. The van der Waals surface area contributed by atoms with Gasteiger partial charge in [-0.15, -0.1) is 0 Å². The fourth-order valence-corrected chi connectivity index (χ4v) is 4.31. The zero-order valence-electron chi connectivity index (χ0n) is 15.7. The standard InChI is InChI=1S/C19H22Cl2FN3OS/c1-5-25(3)12-23-18-8-13(2)19(10-16(18)21)27(4,26)24-11-14-6-7-17(22)15(20)9-14/h6-10,12H,5,11H2,1-4H3/b23-12-. The monoisotopic (exact) mass is 429 g/mol. The molecule has 0 spiro atoms. The lowest BCUT2D eigenvalue weighted by molar-refractivity contribution is 0.552. The average Bonchev–Trinajstić information content (AvgIpc) is 2.62. The molecule has 8 heteroatoms. The molecule has 0 heterocycles. The van der Waals surface area contributed by atoms with Crippen molar-refractivity contribution in [3.05, 3.63) is 57.3 Å². The van der Waals surface area contributed by atoms with Crippen molar-refractivity contribution in [3.63, 3.8) is 0 Å². The minimum Gasteiger partial charge on any atom is -0.366 e. The number of aliphatic imine (C=N–C) groups is 1. The Labute approximate surface area is 170 Å². The van der Waals surface area contributed by atoms with Crippen LogP contribution in [-0.4, -0.2) is 35.3 Å². The van der Waals surface area contributed by atoms with Gasteiger partial charge in [-0.3, -0.25) is 0 Å². The van der Waals surface area contributed by atoms with E-state index >= 15 is 0 Å². The van der Waals surface area contributed by atoms with Crippen LogP contribution in [0.2, 0.25) is 10.0 Å². The van der Waals surface area contributed by atoms with Crippen LogP contribution >= 0.6 is 23.2 Å². The first-order chi connectivity index (χ1) is 12.6. The van der Waals surface area contributed by atoms with Gasteiger partial charge >= 0.3 is 0 Å². The summed E-state index contributed by atoms with van der Waals surface area (Å²) >= 11 is 12.1. The Morgan fingerprint density at radius 1 is 1.22 bits per heavy atom. The van der Waals surface area contributed by atoms with Crippen molar-refractivity contribution in [2.75, 3.05) is 19.8 Å². The van der Waals surface area contributed by atoms with Gasteiger partial charge in [0.2, 0.25) is 0 Å². The molecule has 0 radical (unpaired) electrons. The molecule has 0 aromatic heterocycles. The number of benzene rings is 2. The highest BCUT2D eigenvalue weighted by Crippen LogP contribution is 2.31. The molecule has 2 aromatic carbocycles.